The van der Waals surface area contributed by atoms with Crippen molar-refractivity contribution in [1.82, 2.24) is 9.55 Å². The van der Waals surface area contributed by atoms with Crippen LogP contribution in [0.2, 0.25) is 0 Å². The molecule has 0 aliphatic heterocycles. The third-order valence-corrected chi connectivity index (χ3v) is 4.65. The molecule has 7 nitrogen and oxygen atoms in total. The molecule has 0 aliphatic carbocycles. The number of hydrogen-bond acceptors (Lipinski definition) is 5. The van der Waals surface area contributed by atoms with Crippen LogP contribution in [0.25, 0.3) is 16.7 Å². The Bertz CT molecular complexity index is 1330. The Morgan fingerprint density at radius 3 is 2.61 bits per heavy atom. The van der Waals surface area contributed by atoms with Gasteiger partial charge in [0.25, 0.3) is 11.5 Å². The average molecular weight is 419 g/mol. The van der Waals surface area contributed by atoms with E-state index in [4.69, 9.17) is 4.74 Å². The second kappa shape index (κ2) is 8.27. The topological polar surface area (TPSA) is 93.4 Å². The molecule has 156 valence electrons. The van der Waals surface area contributed by atoms with Crippen LogP contribution in [0.1, 0.15) is 17.3 Å². The van der Waals surface area contributed by atoms with Gasteiger partial charge in [-0.05, 0) is 55.5 Å². The van der Waals surface area contributed by atoms with E-state index in [1.807, 2.05) is 6.92 Å². The first-order valence-electron chi connectivity index (χ1n) is 9.53. The summed E-state index contributed by atoms with van der Waals surface area (Å²) in [6, 6.07) is 15.1. The lowest BCUT2D eigenvalue weighted by atomic mass is 10.1. The molecule has 0 saturated carbocycles. The van der Waals surface area contributed by atoms with Crippen LogP contribution in [0.15, 0.2) is 71.7 Å². The van der Waals surface area contributed by atoms with Crippen molar-refractivity contribution in [3.63, 3.8) is 0 Å². The molecule has 0 radical (unpaired) electrons. The monoisotopic (exact) mass is 419 g/mol. The average Bonchev–Trinajstić information content (AvgIpc) is 2.77. The van der Waals surface area contributed by atoms with E-state index in [0.29, 0.717) is 23.7 Å². The number of aromatic nitrogens is 2. The third kappa shape index (κ3) is 3.71. The zero-order chi connectivity index (χ0) is 22.0. The van der Waals surface area contributed by atoms with E-state index < -0.39 is 28.6 Å². The summed E-state index contributed by atoms with van der Waals surface area (Å²) in [6.07, 6.45) is 1.46. The van der Waals surface area contributed by atoms with Crippen molar-refractivity contribution in [3.8, 4) is 17.2 Å². The zero-order valence-electron chi connectivity index (χ0n) is 16.5. The molecular weight excluding hydrogens is 401 g/mol. The summed E-state index contributed by atoms with van der Waals surface area (Å²) in [5.74, 6) is -1.34. The molecule has 0 bridgehead atoms. The summed E-state index contributed by atoms with van der Waals surface area (Å²) in [6.45, 7) is 2.19. The van der Waals surface area contributed by atoms with Crippen LogP contribution in [0.3, 0.4) is 0 Å². The number of pyridine rings is 2. The molecule has 1 amide bonds. The van der Waals surface area contributed by atoms with Crippen LogP contribution < -0.4 is 15.6 Å². The highest BCUT2D eigenvalue weighted by Gasteiger charge is 2.24. The molecule has 31 heavy (non-hydrogen) atoms. The van der Waals surface area contributed by atoms with Gasteiger partial charge in [-0.1, -0.05) is 12.1 Å². The Hall–Kier alpha value is -4.20. The van der Waals surface area contributed by atoms with Gasteiger partial charge in [0.1, 0.15) is 22.9 Å². The van der Waals surface area contributed by atoms with Gasteiger partial charge in [0.15, 0.2) is 5.65 Å². The molecule has 2 aromatic heterocycles. The fourth-order valence-electron chi connectivity index (χ4n) is 3.27. The number of benzene rings is 2. The van der Waals surface area contributed by atoms with E-state index in [9.17, 15) is 19.1 Å². The highest BCUT2D eigenvalue weighted by Crippen LogP contribution is 2.29. The molecule has 0 fully saturated rings. The molecule has 4 aromatic rings. The van der Waals surface area contributed by atoms with Crippen molar-refractivity contribution >= 4 is 22.6 Å². The van der Waals surface area contributed by atoms with Crippen molar-refractivity contribution in [3.05, 3.63) is 88.6 Å². The number of halogens is 1. The van der Waals surface area contributed by atoms with Gasteiger partial charge in [0, 0.05) is 6.20 Å². The Morgan fingerprint density at radius 1 is 1.13 bits per heavy atom. The number of ether oxygens (including phenoxy) is 1. The number of nitrogens with zero attached hydrogens (tertiary/aromatic N) is 2. The van der Waals surface area contributed by atoms with E-state index >= 15 is 0 Å². The van der Waals surface area contributed by atoms with Gasteiger partial charge in [-0.2, -0.15) is 0 Å². The smallest absolute Gasteiger partial charge is 0.273 e. The number of nitrogens with one attached hydrogen (secondary N) is 1. The van der Waals surface area contributed by atoms with Crippen LogP contribution in [0, 0.1) is 5.82 Å². The van der Waals surface area contributed by atoms with Crippen LogP contribution in [-0.4, -0.2) is 27.2 Å². The summed E-state index contributed by atoms with van der Waals surface area (Å²) in [5.41, 5.74) is -0.452. The molecule has 0 aliphatic rings. The molecule has 0 atom stereocenters. The van der Waals surface area contributed by atoms with Crippen LogP contribution in [0.5, 0.6) is 11.5 Å². The molecule has 0 spiro atoms. The fourth-order valence-corrected chi connectivity index (χ4v) is 3.27. The number of rotatable bonds is 5. The zero-order valence-corrected chi connectivity index (χ0v) is 16.5. The molecule has 2 N–H and O–H groups in total. The third-order valence-electron chi connectivity index (χ3n) is 4.65. The second-order valence-electron chi connectivity index (χ2n) is 6.60. The number of para-hydroxylation sites is 2. The van der Waals surface area contributed by atoms with Gasteiger partial charge in [0.05, 0.1) is 23.4 Å². The van der Waals surface area contributed by atoms with Crippen molar-refractivity contribution in [2.45, 2.75) is 6.92 Å². The Labute approximate surface area is 176 Å². The van der Waals surface area contributed by atoms with Crippen LogP contribution >= 0.6 is 0 Å². The van der Waals surface area contributed by atoms with Gasteiger partial charge >= 0.3 is 0 Å². The molecule has 4 rings (SSSR count). The summed E-state index contributed by atoms with van der Waals surface area (Å²) in [5, 5.41) is 13.6. The minimum atomic E-state index is -0.809. The van der Waals surface area contributed by atoms with Gasteiger partial charge in [-0.15, -0.1) is 0 Å². The SMILES string of the molecule is CCOc1ccccc1NC(=O)c1c(O)c2cccnc2n(-c2ccc(F)cc2)c1=O. The highest BCUT2D eigenvalue weighted by molar-refractivity contribution is 6.09. The van der Waals surface area contributed by atoms with E-state index in [2.05, 4.69) is 10.3 Å². The number of hydrogen-bond donors (Lipinski definition) is 2. The fraction of sp³-hybridized carbons (Fsp3) is 0.0870. The second-order valence-corrected chi connectivity index (χ2v) is 6.60. The standard InChI is InChI=1S/C23H18FN3O4/c1-2-31-18-8-4-3-7-17(18)26-22(29)19-20(28)16-6-5-13-25-21(16)27(23(19)30)15-11-9-14(24)10-12-15/h3-13,28H,2H2,1H3,(H,26,29). The lowest BCUT2D eigenvalue weighted by molar-refractivity contribution is 0.102. The van der Waals surface area contributed by atoms with E-state index in [1.165, 1.54) is 30.5 Å². The predicted molar refractivity (Wildman–Crippen MR) is 115 cm³/mol. The van der Waals surface area contributed by atoms with Crippen molar-refractivity contribution in [1.29, 1.82) is 0 Å². The first-order chi connectivity index (χ1) is 15.0. The van der Waals surface area contributed by atoms with Crippen LogP contribution in [0.4, 0.5) is 10.1 Å². The maximum atomic E-state index is 13.4. The Kier molecular flexibility index (Phi) is 5.36. The molecule has 0 saturated heterocycles. The summed E-state index contributed by atoms with van der Waals surface area (Å²) >= 11 is 0. The highest BCUT2D eigenvalue weighted by atomic mass is 19.1. The van der Waals surface area contributed by atoms with Gasteiger partial charge < -0.3 is 15.2 Å². The molecule has 2 aromatic carbocycles. The lowest BCUT2D eigenvalue weighted by Gasteiger charge is -2.15. The number of amides is 1. The first kappa shape index (κ1) is 20.1. The summed E-state index contributed by atoms with van der Waals surface area (Å²) in [4.78, 5) is 30.6. The van der Waals surface area contributed by atoms with Gasteiger partial charge in [0.2, 0.25) is 0 Å². The minimum Gasteiger partial charge on any atom is -0.506 e. The minimum absolute atomic E-state index is 0.142. The maximum Gasteiger partial charge on any atom is 0.273 e. The summed E-state index contributed by atoms with van der Waals surface area (Å²) in [7, 11) is 0. The van der Waals surface area contributed by atoms with Crippen molar-refractivity contribution < 1.29 is 19.0 Å². The van der Waals surface area contributed by atoms with Gasteiger partial charge in [-0.3, -0.25) is 14.2 Å². The van der Waals surface area contributed by atoms with Crippen molar-refractivity contribution in [2.75, 3.05) is 11.9 Å². The molecule has 8 heteroatoms. The lowest BCUT2D eigenvalue weighted by Crippen LogP contribution is -2.29. The maximum absolute atomic E-state index is 13.4. The normalized spacial score (nSPS) is 10.8. The van der Waals surface area contributed by atoms with E-state index in [-0.39, 0.29) is 11.0 Å². The number of aromatic hydroxyl groups is 1. The Morgan fingerprint density at radius 2 is 1.87 bits per heavy atom. The first-order valence-corrected chi connectivity index (χ1v) is 9.53. The largest absolute Gasteiger partial charge is 0.506 e. The number of carbonyl (C=O) groups excluding carboxylic acids is 1. The van der Waals surface area contributed by atoms with Gasteiger partial charge in [-0.25, -0.2) is 9.37 Å². The quantitative estimate of drug-likeness (QED) is 0.512. The Balaban J connectivity index is 1.90. The number of fused-ring (bicyclic) bond motifs is 1. The number of anilines is 1. The summed E-state index contributed by atoms with van der Waals surface area (Å²) < 4.78 is 20.1. The van der Waals surface area contributed by atoms with Crippen molar-refractivity contribution in [2.24, 2.45) is 0 Å². The molecular formula is C23H18FN3O4. The van der Waals surface area contributed by atoms with E-state index in [0.717, 1.165) is 4.57 Å². The van der Waals surface area contributed by atoms with Crippen LogP contribution in [-0.2, 0) is 0 Å². The predicted octanol–water partition coefficient (Wildman–Crippen LogP) is 3.88. The van der Waals surface area contributed by atoms with E-state index in [1.54, 1.807) is 36.4 Å². The number of carbonyl (C=O) groups is 1. The molecule has 2 heterocycles. The molecule has 0 unspecified atom stereocenters.